The first-order valence-electron chi connectivity index (χ1n) is 11.8. The Kier molecular flexibility index (Phi) is 4.17. The van der Waals surface area contributed by atoms with Crippen LogP contribution in [-0.2, 0) is 9.53 Å². The minimum absolute atomic E-state index is 0.112. The van der Waals surface area contributed by atoms with Gasteiger partial charge in [0.1, 0.15) is 12.0 Å². The van der Waals surface area contributed by atoms with E-state index in [1.54, 1.807) is 4.90 Å². The summed E-state index contributed by atoms with van der Waals surface area (Å²) in [6, 6.07) is 0.735. The van der Waals surface area contributed by atoms with Crippen molar-refractivity contribution in [2.24, 2.45) is 34.0 Å². The summed E-state index contributed by atoms with van der Waals surface area (Å²) >= 11 is 0. The van der Waals surface area contributed by atoms with E-state index in [9.17, 15) is 4.79 Å². The zero-order valence-corrected chi connectivity index (χ0v) is 18.5. The molecule has 0 aromatic heterocycles. The average molecular weight is 387 g/mol. The second kappa shape index (κ2) is 6.09. The second-order valence-electron chi connectivity index (χ2n) is 12.7. The molecule has 2 aliphatic heterocycles. The summed E-state index contributed by atoms with van der Waals surface area (Å²) in [6.07, 6.45) is 10.1. The quantitative estimate of drug-likeness (QED) is 0.578. The molecule has 5 fully saturated rings. The fourth-order valence-electron chi connectivity index (χ4n) is 8.76. The number of hydrogen-bond donors (Lipinski definition) is 1. The number of nitrogens with one attached hydrogen (secondary N) is 1. The smallest absolute Gasteiger partial charge is 0.315 e. The van der Waals surface area contributed by atoms with Gasteiger partial charge in [0.2, 0.25) is 0 Å². The molecule has 0 aromatic carbocycles. The second-order valence-corrected chi connectivity index (χ2v) is 12.7. The Morgan fingerprint density at radius 2 is 1.96 bits per heavy atom. The maximum Gasteiger partial charge on any atom is 0.315 e. The molecule has 3 nitrogen and oxygen atoms in total. The standard InChI is InChI=1S/C25H39NO2/c1-16-7-6-8-25(5)12-21-18(9-20(16)25)19(22(27)28-21)13-26-15-24(4)11-17(26)10-23(2,3)14-24/h17-21H,1,6-15H2,2-5H3/p+1/t17-,18+,19-,20+,21-,24-,25-/m0/s1. The first-order chi connectivity index (χ1) is 13.1. The van der Waals surface area contributed by atoms with Crippen molar-refractivity contribution in [1.29, 1.82) is 0 Å². The molecule has 2 bridgehead atoms. The van der Waals surface area contributed by atoms with E-state index < -0.39 is 0 Å². The molecule has 8 atom stereocenters. The Balaban J connectivity index is 1.34. The van der Waals surface area contributed by atoms with Crippen LogP contribution in [0.25, 0.3) is 0 Å². The van der Waals surface area contributed by atoms with E-state index in [1.165, 1.54) is 50.6 Å². The Hall–Kier alpha value is -0.830. The van der Waals surface area contributed by atoms with Crippen molar-refractivity contribution in [1.82, 2.24) is 0 Å². The molecule has 0 radical (unpaired) electrons. The van der Waals surface area contributed by atoms with Gasteiger partial charge in [0.15, 0.2) is 0 Å². The van der Waals surface area contributed by atoms with Crippen LogP contribution in [0.3, 0.4) is 0 Å². The van der Waals surface area contributed by atoms with E-state index >= 15 is 0 Å². The summed E-state index contributed by atoms with van der Waals surface area (Å²) in [5.74, 6) is 1.25. The first kappa shape index (κ1) is 19.2. The van der Waals surface area contributed by atoms with Crippen molar-refractivity contribution < 1.29 is 14.4 Å². The lowest BCUT2D eigenvalue weighted by atomic mass is 9.55. The van der Waals surface area contributed by atoms with Crippen LogP contribution in [0.1, 0.15) is 79.1 Å². The minimum atomic E-state index is 0.112. The van der Waals surface area contributed by atoms with Crippen molar-refractivity contribution in [2.45, 2.75) is 91.2 Å². The number of esters is 1. The molecule has 5 rings (SSSR count). The molecule has 0 spiro atoms. The Bertz CT molecular complexity index is 699. The highest BCUT2D eigenvalue weighted by Gasteiger charge is 2.58. The van der Waals surface area contributed by atoms with Crippen LogP contribution in [0.4, 0.5) is 0 Å². The molecule has 5 aliphatic rings. The largest absolute Gasteiger partial charge is 0.462 e. The summed E-state index contributed by atoms with van der Waals surface area (Å²) in [6.45, 7) is 16.5. The van der Waals surface area contributed by atoms with Gasteiger partial charge < -0.3 is 9.64 Å². The van der Waals surface area contributed by atoms with E-state index in [0.29, 0.717) is 28.1 Å². The van der Waals surface area contributed by atoms with Gasteiger partial charge in [0.05, 0.1) is 19.1 Å². The fourth-order valence-corrected chi connectivity index (χ4v) is 8.76. The van der Waals surface area contributed by atoms with Gasteiger partial charge in [-0.3, -0.25) is 4.79 Å². The average Bonchev–Trinajstić information content (AvgIpc) is 2.97. The van der Waals surface area contributed by atoms with Crippen LogP contribution in [0, 0.1) is 34.0 Å². The maximum atomic E-state index is 13.0. The number of fused-ring (bicyclic) bond motifs is 4. The normalized spacial score (nSPS) is 52.1. The molecule has 28 heavy (non-hydrogen) atoms. The molecule has 156 valence electrons. The number of allylic oxidation sites excluding steroid dienone is 1. The highest BCUT2D eigenvalue weighted by Crippen LogP contribution is 2.57. The third-order valence-electron chi connectivity index (χ3n) is 9.48. The SMILES string of the molecule is C=C1CCC[C@@]2(C)C[C@@H]3OC(=O)[C@@H](C[NH+]4C[C@@]5(C)C[C@@H]4CC(C)(C)C5)[C@H]3C[C@H]12. The van der Waals surface area contributed by atoms with Gasteiger partial charge in [-0.15, -0.1) is 0 Å². The van der Waals surface area contributed by atoms with Crippen molar-refractivity contribution in [2.75, 3.05) is 13.1 Å². The van der Waals surface area contributed by atoms with Crippen LogP contribution in [0.15, 0.2) is 12.2 Å². The number of carbonyl (C=O) groups is 1. The molecule has 0 aromatic rings. The summed E-state index contributed by atoms with van der Waals surface area (Å²) < 4.78 is 6.03. The fraction of sp³-hybridized carbons (Fsp3) is 0.880. The van der Waals surface area contributed by atoms with Crippen LogP contribution >= 0.6 is 0 Å². The number of hydrogen-bond acceptors (Lipinski definition) is 2. The van der Waals surface area contributed by atoms with Gasteiger partial charge in [0, 0.05) is 24.2 Å². The zero-order chi connectivity index (χ0) is 19.9. The summed E-state index contributed by atoms with van der Waals surface area (Å²) in [5, 5.41) is 0. The van der Waals surface area contributed by atoms with E-state index in [1.807, 2.05) is 0 Å². The molecule has 2 saturated heterocycles. The predicted molar refractivity (Wildman–Crippen MR) is 111 cm³/mol. The van der Waals surface area contributed by atoms with Gasteiger partial charge in [0.25, 0.3) is 0 Å². The number of quaternary nitrogens is 1. The Labute approximate surface area is 171 Å². The van der Waals surface area contributed by atoms with Crippen LogP contribution < -0.4 is 4.90 Å². The van der Waals surface area contributed by atoms with Gasteiger partial charge in [-0.2, -0.15) is 0 Å². The minimum Gasteiger partial charge on any atom is -0.462 e. The third kappa shape index (κ3) is 2.99. The molecule has 1 N–H and O–H groups in total. The molecule has 2 heterocycles. The van der Waals surface area contributed by atoms with Gasteiger partial charge >= 0.3 is 5.97 Å². The van der Waals surface area contributed by atoms with Crippen molar-refractivity contribution in [3.8, 4) is 0 Å². The molecule has 3 heteroatoms. The van der Waals surface area contributed by atoms with Crippen LogP contribution in [0.5, 0.6) is 0 Å². The Morgan fingerprint density at radius 1 is 1.18 bits per heavy atom. The number of rotatable bonds is 2. The summed E-state index contributed by atoms with van der Waals surface area (Å²) in [5.41, 5.74) is 2.67. The van der Waals surface area contributed by atoms with E-state index in [-0.39, 0.29) is 18.0 Å². The monoisotopic (exact) mass is 386 g/mol. The number of carbonyl (C=O) groups excluding carboxylic acids is 1. The number of ether oxygens (including phenoxy) is 1. The topological polar surface area (TPSA) is 30.7 Å². The van der Waals surface area contributed by atoms with E-state index in [2.05, 4.69) is 34.3 Å². The third-order valence-corrected chi connectivity index (χ3v) is 9.48. The summed E-state index contributed by atoms with van der Waals surface area (Å²) in [4.78, 5) is 14.7. The van der Waals surface area contributed by atoms with Crippen LogP contribution in [0.2, 0.25) is 0 Å². The number of likely N-dealkylation sites (tertiary alicyclic amines) is 1. The molecule has 0 amide bonds. The predicted octanol–water partition coefficient (Wildman–Crippen LogP) is 3.78. The van der Waals surface area contributed by atoms with Crippen LogP contribution in [-0.4, -0.2) is 31.2 Å². The molecule has 3 aliphatic carbocycles. The highest BCUT2D eigenvalue weighted by molar-refractivity contribution is 5.75. The molecule has 1 unspecified atom stereocenters. The van der Waals surface area contributed by atoms with Crippen molar-refractivity contribution >= 4 is 5.97 Å². The first-order valence-corrected chi connectivity index (χ1v) is 11.8. The maximum absolute atomic E-state index is 13.0. The molecule has 3 saturated carbocycles. The van der Waals surface area contributed by atoms with Gasteiger partial charge in [-0.1, -0.05) is 39.8 Å². The lowest BCUT2D eigenvalue weighted by Gasteiger charge is -2.50. The molecular formula is C25H40NO2+. The van der Waals surface area contributed by atoms with Crippen molar-refractivity contribution in [3.63, 3.8) is 0 Å². The zero-order valence-electron chi connectivity index (χ0n) is 18.5. The van der Waals surface area contributed by atoms with E-state index in [4.69, 9.17) is 4.74 Å². The lowest BCUT2D eigenvalue weighted by molar-refractivity contribution is -0.917. The van der Waals surface area contributed by atoms with E-state index in [0.717, 1.165) is 25.4 Å². The summed E-state index contributed by atoms with van der Waals surface area (Å²) in [7, 11) is 0. The van der Waals surface area contributed by atoms with Crippen molar-refractivity contribution in [3.05, 3.63) is 12.2 Å². The molecular weight excluding hydrogens is 346 g/mol. The highest BCUT2D eigenvalue weighted by atomic mass is 16.6. The van der Waals surface area contributed by atoms with Gasteiger partial charge in [-0.05, 0) is 55.3 Å². The van der Waals surface area contributed by atoms with Gasteiger partial charge in [-0.25, -0.2) is 0 Å². The lowest BCUT2D eigenvalue weighted by Crippen LogP contribution is -3.14. The Morgan fingerprint density at radius 3 is 2.75 bits per heavy atom.